The summed E-state index contributed by atoms with van der Waals surface area (Å²) < 4.78 is 74.8. The number of fused-ring (bicyclic) bond motifs is 1. The van der Waals surface area contributed by atoms with Gasteiger partial charge in [0.2, 0.25) is 0 Å². The third kappa shape index (κ3) is 3.32. The fourth-order valence-corrected chi connectivity index (χ4v) is 3.01. The molecule has 0 amide bonds. The predicted octanol–water partition coefficient (Wildman–Crippen LogP) is 5.83. The van der Waals surface area contributed by atoms with Gasteiger partial charge in [0, 0.05) is 11.6 Å². The van der Waals surface area contributed by atoms with Crippen molar-refractivity contribution < 1.29 is 33.7 Å². The second kappa shape index (κ2) is 4.91. The molecule has 0 saturated heterocycles. The van der Waals surface area contributed by atoms with E-state index in [0.717, 1.165) is 6.07 Å². The fraction of sp³-hybridized carbons (Fsp3) is 0.0625. The molecule has 1 aromatic heterocycles. The highest BCUT2D eigenvalue weighted by Crippen LogP contribution is 3.02. The van der Waals surface area contributed by atoms with E-state index < -0.39 is 25.9 Å². The van der Waals surface area contributed by atoms with Crippen molar-refractivity contribution in [3.05, 3.63) is 52.7 Å². The Hall–Kier alpha value is -2.75. The minimum Gasteiger partial charge on any atom is -0.504 e. The van der Waals surface area contributed by atoms with Crippen molar-refractivity contribution in [1.29, 1.82) is 0 Å². The molecule has 0 saturated carbocycles. The van der Waals surface area contributed by atoms with Crippen LogP contribution in [0, 0.1) is 0 Å². The van der Waals surface area contributed by atoms with Gasteiger partial charge in [-0.15, -0.1) is 0 Å². The number of ether oxygens (including phenoxy) is 1. The minimum atomic E-state index is -9.91. The summed E-state index contributed by atoms with van der Waals surface area (Å²) in [6, 6.07) is 5.83. The Morgan fingerprint density at radius 2 is 1.69 bits per heavy atom. The molecule has 0 bridgehead atoms. The smallest absolute Gasteiger partial charge is 0.310 e. The lowest BCUT2D eigenvalue weighted by Crippen LogP contribution is -2.08. The van der Waals surface area contributed by atoms with Gasteiger partial charge in [-0.1, -0.05) is 19.4 Å². The Labute approximate surface area is 143 Å². The topological polar surface area (TPSA) is 59.7 Å². The first-order valence-electron chi connectivity index (χ1n) is 6.98. The first-order valence-corrected chi connectivity index (χ1v) is 8.93. The largest absolute Gasteiger partial charge is 0.504 e. The molecule has 4 nitrogen and oxygen atoms in total. The van der Waals surface area contributed by atoms with Gasteiger partial charge < -0.3 is 14.3 Å². The molecule has 0 atom stereocenters. The molecule has 0 aliphatic carbocycles. The molecule has 3 rings (SSSR count). The third-order valence-corrected chi connectivity index (χ3v) is 4.75. The van der Waals surface area contributed by atoms with Crippen molar-refractivity contribution in [3.63, 3.8) is 0 Å². The van der Waals surface area contributed by atoms with E-state index in [1.165, 1.54) is 25.3 Å². The average molecular weight is 394 g/mol. The van der Waals surface area contributed by atoms with Gasteiger partial charge in [0.25, 0.3) is 0 Å². The van der Waals surface area contributed by atoms with E-state index in [2.05, 4.69) is 0 Å². The van der Waals surface area contributed by atoms with Gasteiger partial charge in [-0.05, 0) is 36.4 Å². The highest BCUT2D eigenvalue weighted by atomic mass is 32.5. The lowest BCUT2D eigenvalue weighted by atomic mass is 10.1. The molecule has 1 heterocycles. The summed E-state index contributed by atoms with van der Waals surface area (Å²) >= 11 is 0. The van der Waals surface area contributed by atoms with Crippen molar-refractivity contribution in [1.82, 2.24) is 0 Å². The number of methoxy groups -OCH3 is 1. The first-order chi connectivity index (χ1) is 11.8. The maximum atomic E-state index is 12.9. The zero-order valence-electron chi connectivity index (χ0n) is 13.0. The van der Waals surface area contributed by atoms with Crippen molar-refractivity contribution in [3.8, 4) is 22.8 Å². The van der Waals surface area contributed by atoms with E-state index >= 15 is 0 Å². The van der Waals surface area contributed by atoms with Crippen LogP contribution >= 0.6 is 10.2 Å². The SMILES string of the molecule is COc1cc(-c2cc(=O)c3cc(S(F)(F)(F)(F)F)ccc3o2)ccc1O. The summed E-state index contributed by atoms with van der Waals surface area (Å²) in [7, 11) is -8.60. The number of halogens is 5. The van der Waals surface area contributed by atoms with E-state index in [4.69, 9.17) is 9.15 Å². The molecular weight excluding hydrogens is 383 g/mol. The maximum absolute atomic E-state index is 12.9. The number of benzene rings is 2. The number of phenolic OH excluding ortho intramolecular Hbond substituents is 1. The van der Waals surface area contributed by atoms with Gasteiger partial charge in [-0.2, -0.15) is 0 Å². The Balaban J connectivity index is 2.21. The second-order valence-electron chi connectivity index (χ2n) is 5.49. The van der Waals surface area contributed by atoms with Gasteiger partial charge in [-0.3, -0.25) is 4.79 Å². The van der Waals surface area contributed by atoms with E-state index in [1.54, 1.807) is 0 Å². The highest BCUT2D eigenvalue weighted by molar-refractivity contribution is 8.45. The van der Waals surface area contributed by atoms with Gasteiger partial charge in [0.15, 0.2) is 16.9 Å². The van der Waals surface area contributed by atoms with Crippen LogP contribution in [0.15, 0.2) is 56.6 Å². The zero-order valence-corrected chi connectivity index (χ0v) is 13.8. The number of phenols is 1. The molecule has 2 aromatic carbocycles. The predicted molar refractivity (Wildman–Crippen MR) is 87.5 cm³/mol. The van der Waals surface area contributed by atoms with Crippen LogP contribution in [-0.2, 0) is 0 Å². The van der Waals surface area contributed by atoms with Gasteiger partial charge in [0.05, 0.1) is 12.5 Å². The summed E-state index contributed by atoms with van der Waals surface area (Å²) in [6.07, 6.45) is 0. The van der Waals surface area contributed by atoms with Gasteiger partial charge in [-0.25, -0.2) is 0 Å². The fourth-order valence-electron chi connectivity index (χ4n) is 2.35. The lowest BCUT2D eigenvalue weighted by Gasteiger charge is -2.40. The molecule has 0 fully saturated rings. The maximum Gasteiger partial charge on any atom is 0.310 e. The van der Waals surface area contributed by atoms with E-state index in [9.17, 15) is 29.3 Å². The average Bonchev–Trinajstić information content (AvgIpc) is 2.52. The van der Waals surface area contributed by atoms with E-state index in [1.807, 2.05) is 0 Å². The van der Waals surface area contributed by atoms with Gasteiger partial charge in [0.1, 0.15) is 16.2 Å². The molecule has 0 radical (unpaired) electrons. The summed E-state index contributed by atoms with van der Waals surface area (Å²) in [5.74, 6) is -0.109. The second-order valence-corrected chi connectivity index (χ2v) is 7.90. The minimum absolute atomic E-state index is 0.0270. The summed E-state index contributed by atoms with van der Waals surface area (Å²) in [4.78, 5) is 9.98. The van der Waals surface area contributed by atoms with Crippen LogP contribution in [0.4, 0.5) is 19.4 Å². The van der Waals surface area contributed by atoms with Crippen molar-refractivity contribution >= 4 is 21.2 Å². The molecular formula is C16H11F5O4S. The molecule has 3 aromatic rings. The third-order valence-electron chi connectivity index (χ3n) is 3.61. The standard InChI is InChI=1S/C16H11F5O4S/c1-24-16-6-9(2-4-12(16)22)15-8-13(23)11-7-10(3-5-14(11)25-15)26(17,18,19,20)21/h2-8,22H,1H3. The zero-order chi connectivity index (χ0) is 19.4. The Morgan fingerprint density at radius 3 is 2.31 bits per heavy atom. The Bertz CT molecular complexity index is 1090. The van der Waals surface area contributed by atoms with Crippen LogP contribution in [0.5, 0.6) is 11.5 Å². The molecule has 1 N–H and O–H groups in total. The molecule has 0 spiro atoms. The molecule has 140 valence electrons. The highest BCUT2D eigenvalue weighted by Gasteiger charge is 2.65. The van der Waals surface area contributed by atoms with Crippen molar-refractivity contribution in [2.75, 3.05) is 7.11 Å². The first kappa shape index (κ1) is 18.1. The normalized spacial score (nSPS) is 14.7. The summed E-state index contributed by atoms with van der Waals surface area (Å²) in [5, 5.41) is 8.95. The Morgan fingerprint density at radius 1 is 1.00 bits per heavy atom. The quantitative estimate of drug-likeness (QED) is 0.568. The summed E-state index contributed by atoms with van der Waals surface area (Å²) in [6.45, 7) is 0. The van der Waals surface area contributed by atoms with Crippen LogP contribution in [0.3, 0.4) is 0 Å². The molecule has 26 heavy (non-hydrogen) atoms. The molecule has 0 aliphatic heterocycles. The van der Waals surface area contributed by atoms with Crippen molar-refractivity contribution in [2.24, 2.45) is 0 Å². The van der Waals surface area contributed by atoms with Crippen LogP contribution in [0.25, 0.3) is 22.3 Å². The molecule has 10 heteroatoms. The van der Waals surface area contributed by atoms with Crippen molar-refractivity contribution in [2.45, 2.75) is 4.90 Å². The number of hydrogen-bond donors (Lipinski definition) is 1. The van der Waals surface area contributed by atoms with E-state index in [0.29, 0.717) is 11.6 Å². The number of hydrogen-bond acceptors (Lipinski definition) is 4. The molecule has 0 aliphatic rings. The summed E-state index contributed by atoms with van der Waals surface area (Å²) in [5.41, 5.74) is -0.905. The molecule has 0 unspecified atom stereocenters. The number of aromatic hydroxyl groups is 1. The van der Waals surface area contributed by atoms with Crippen LogP contribution in [-0.4, -0.2) is 12.2 Å². The van der Waals surface area contributed by atoms with Crippen LogP contribution in [0.2, 0.25) is 0 Å². The van der Waals surface area contributed by atoms with E-state index in [-0.39, 0.29) is 35.0 Å². The lowest BCUT2D eigenvalue weighted by molar-refractivity contribution is 0.364. The monoisotopic (exact) mass is 394 g/mol. The van der Waals surface area contributed by atoms with Gasteiger partial charge >= 0.3 is 10.2 Å². The van der Waals surface area contributed by atoms with Crippen LogP contribution < -0.4 is 10.2 Å². The van der Waals surface area contributed by atoms with Crippen LogP contribution in [0.1, 0.15) is 0 Å². The number of rotatable bonds is 3. The Kier molecular flexibility index (Phi) is 3.41.